The molecule has 1 amide bonds. The van der Waals surface area contributed by atoms with E-state index in [1.807, 2.05) is 0 Å². The van der Waals surface area contributed by atoms with Crippen molar-refractivity contribution < 1.29 is 19.4 Å². The highest BCUT2D eigenvalue weighted by molar-refractivity contribution is 7.98. The van der Waals surface area contributed by atoms with E-state index >= 15 is 0 Å². The molecule has 0 spiro atoms. The first-order valence-corrected chi connectivity index (χ1v) is 13.3. The molecule has 2 aromatic rings. The van der Waals surface area contributed by atoms with Crippen molar-refractivity contribution in [1.29, 1.82) is 0 Å². The van der Waals surface area contributed by atoms with Crippen molar-refractivity contribution in [3.05, 3.63) is 41.3 Å². The van der Waals surface area contributed by atoms with Crippen LogP contribution in [0.15, 0.2) is 29.3 Å². The molecule has 1 saturated heterocycles. The fourth-order valence-corrected chi connectivity index (χ4v) is 4.63. The number of aromatic nitrogens is 2. The first-order chi connectivity index (χ1) is 16.6. The van der Waals surface area contributed by atoms with Gasteiger partial charge < -0.3 is 20.1 Å². The number of aromatic hydroxyl groups is 1. The molecule has 1 fully saturated rings. The molecule has 0 unspecified atom stereocenters. The highest BCUT2D eigenvalue weighted by Gasteiger charge is 2.25. The lowest BCUT2D eigenvalue weighted by Crippen LogP contribution is -2.34. The van der Waals surface area contributed by atoms with Crippen LogP contribution in [0, 0.1) is 5.92 Å². The van der Waals surface area contributed by atoms with Crippen molar-refractivity contribution in [3.63, 3.8) is 0 Å². The number of carbonyl (C=O) groups is 2. The van der Waals surface area contributed by atoms with Crippen LogP contribution in [-0.4, -0.2) is 59.4 Å². The maximum atomic E-state index is 12.6. The van der Waals surface area contributed by atoms with E-state index in [0.717, 1.165) is 25.9 Å². The molecule has 1 aliphatic heterocycles. The third kappa shape index (κ3) is 7.10. The van der Waals surface area contributed by atoms with Crippen LogP contribution in [0.3, 0.4) is 0 Å². The summed E-state index contributed by atoms with van der Waals surface area (Å²) in [5.41, 5.74) is 2.59. The van der Waals surface area contributed by atoms with E-state index in [4.69, 9.17) is 4.74 Å². The van der Waals surface area contributed by atoms with Gasteiger partial charge in [0.05, 0.1) is 6.61 Å². The van der Waals surface area contributed by atoms with Gasteiger partial charge in [-0.25, -0.2) is 9.97 Å². The van der Waals surface area contributed by atoms with Gasteiger partial charge in [0.25, 0.3) is 5.91 Å². The Balaban J connectivity index is 1.63. The normalized spacial score (nSPS) is 14.6. The molecule has 3 rings (SSSR count). The standard InChI is InChI=1S/C26H36N4O4S/c1-6-34-21(31)16-27-24(33)22-23(32)25(35-5)29-20(28-22)15-17-11-13-30(14-12-17)19-9-7-18(8-10-19)26(2,3)4/h7-10,17,32H,6,11-16H2,1-5H3,(H,27,33). The van der Waals surface area contributed by atoms with Gasteiger partial charge in [-0.1, -0.05) is 32.9 Å². The number of carbonyl (C=O) groups excluding carboxylic acids is 2. The van der Waals surface area contributed by atoms with Crippen LogP contribution in [0.25, 0.3) is 0 Å². The fourth-order valence-electron chi connectivity index (χ4n) is 4.14. The predicted octanol–water partition coefficient (Wildman–Crippen LogP) is 3.95. The summed E-state index contributed by atoms with van der Waals surface area (Å²) in [6, 6.07) is 8.83. The van der Waals surface area contributed by atoms with Gasteiger partial charge >= 0.3 is 5.97 Å². The van der Waals surface area contributed by atoms with E-state index in [2.05, 4.69) is 65.2 Å². The van der Waals surface area contributed by atoms with Crippen LogP contribution in [0.1, 0.15) is 62.4 Å². The average Bonchev–Trinajstić information content (AvgIpc) is 2.83. The summed E-state index contributed by atoms with van der Waals surface area (Å²) in [5, 5.41) is 13.3. The maximum Gasteiger partial charge on any atom is 0.325 e. The molecule has 0 saturated carbocycles. The monoisotopic (exact) mass is 500 g/mol. The van der Waals surface area contributed by atoms with Gasteiger partial charge in [-0.3, -0.25) is 9.59 Å². The molecule has 2 heterocycles. The zero-order valence-electron chi connectivity index (χ0n) is 21.3. The van der Waals surface area contributed by atoms with Crippen molar-refractivity contribution in [3.8, 4) is 5.75 Å². The zero-order valence-corrected chi connectivity index (χ0v) is 22.1. The molecule has 1 aromatic carbocycles. The topological polar surface area (TPSA) is 105 Å². The van der Waals surface area contributed by atoms with Gasteiger partial charge in [0.15, 0.2) is 11.4 Å². The van der Waals surface area contributed by atoms with Gasteiger partial charge in [-0.15, -0.1) is 11.8 Å². The fraction of sp³-hybridized carbons (Fsp3) is 0.538. The van der Waals surface area contributed by atoms with Crippen molar-refractivity contribution in [2.45, 2.75) is 57.4 Å². The van der Waals surface area contributed by atoms with Crippen LogP contribution in [-0.2, 0) is 21.4 Å². The van der Waals surface area contributed by atoms with E-state index in [-0.39, 0.29) is 30.0 Å². The molecule has 1 aromatic heterocycles. The van der Waals surface area contributed by atoms with Crippen LogP contribution >= 0.6 is 11.8 Å². The zero-order chi connectivity index (χ0) is 25.6. The van der Waals surface area contributed by atoms with Gasteiger partial charge in [0.2, 0.25) is 0 Å². The minimum atomic E-state index is -0.622. The van der Waals surface area contributed by atoms with Gasteiger partial charge in [0.1, 0.15) is 17.4 Å². The number of benzene rings is 1. The third-order valence-corrected chi connectivity index (χ3v) is 6.86. The Bertz CT molecular complexity index is 1030. The summed E-state index contributed by atoms with van der Waals surface area (Å²) in [6.45, 7) is 10.2. The van der Waals surface area contributed by atoms with Crippen LogP contribution < -0.4 is 10.2 Å². The van der Waals surface area contributed by atoms with Crippen molar-refractivity contribution in [2.24, 2.45) is 5.92 Å². The summed E-state index contributed by atoms with van der Waals surface area (Å²) >= 11 is 1.26. The molecule has 0 bridgehead atoms. The Morgan fingerprint density at radius 2 is 1.83 bits per heavy atom. The number of hydrogen-bond donors (Lipinski definition) is 2. The number of amides is 1. The first-order valence-electron chi connectivity index (χ1n) is 12.1. The second kappa shape index (κ2) is 11.7. The summed E-state index contributed by atoms with van der Waals surface area (Å²) < 4.78 is 4.83. The van der Waals surface area contributed by atoms with Crippen molar-refractivity contribution in [1.82, 2.24) is 15.3 Å². The lowest BCUT2D eigenvalue weighted by molar-refractivity contribution is -0.141. The molecule has 8 nitrogen and oxygen atoms in total. The van der Waals surface area contributed by atoms with Crippen LogP contribution in [0.5, 0.6) is 5.75 Å². The lowest BCUT2D eigenvalue weighted by Gasteiger charge is -2.34. The molecule has 35 heavy (non-hydrogen) atoms. The molecule has 9 heteroatoms. The summed E-state index contributed by atoms with van der Waals surface area (Å²) in [4.78, 5) is 35.4. The highest BCUT2D eigenvalue weighted by atomic mass is 32.2. The number of ether oxygens (including phenoxy) is 1. The Morgan fingerprint density at radius 3 is 2.40 bits per heavy atom. The van der Waals surface area contributed by atoms with E-state index in [9.17, 15) is 14.7 Å². The van der Waals surface area contributed by atoms with Crippen molar-refractivity contribution in [2.75, 3.05) is 37.4 Å². The number of esters is 1. The molecule has 0 aliphatic carbocycles. The molecule has 0 radical (unpaired) electrons. The molecule has 1 aliphatic rings. The number of piperidine rings is 1. The Labute approximate surface area is 211 Å². The summed E-state index contributed by atoms with van der Waals surface area (Å²) in [6.07, 6.45) is 4.40. The molecule has 190 valence electrons. The Morgan fingerprint density at radius 1 is 1.17 bits per heavy atom. The minimum absolute atomic E-state index is 0.111. The van der Waals surface area contributed by atoms with Crippen LogP contribution in [0.2, 0.25) is 0 Å². The Kier molecular flexibility index (Phi) is 8.99. The van der Waals surface area contributed by atoms with Gasteiger partial charge in [-0.2, -0.15) is 0 Å². The summed E-state index contributed by atoms with van der Waals surface area (Å²) in [7, 11) is 0. The second-order valence-corrected chi connectivity index (χ2v) is 10.6. The highest BCUT2D eigenvalue weighted by Crippen LogP contribution is 2.31. The predicted molar refractivity (Wildman–Crippen MR) is 138 cm³/mol. The third-order valence-electron chi connectivity index (χ3n) is 6.19. The largest absolute Gasteiger partial charge is 0.503 e. The van der Waals surface area contributed by atoms with E-state index in [0.29, 0.717) is 23.2 Å². The molecule has 2 N–H and O–H groups in total. The van der Waals surface area contributed by atoms with Crippen LogP contribution in [0.4, 0.5) is 5.69 Å². The first kappa shape index (κ1) is 26.8. The number of hydrogen-bond acceptors (Lipinski definition) is 8. The minimum Gasteiger partial charge on any atom is -0.503 e. The van der Waals surface area contributed by atoms with Crippen molar-refractivity contribution >= 4 is 29.3 Å². The molecular formula is C26H36N4O4S. The SMILES string of the molecule is CCOC(=O)CNC(=O)c1nc(CC2CCN(c3ccc(C(C)(C)C)cc3)CC2)nc(SC)c1O. The summed E-state index contributed by atoms with van der Waals surface area (Å²) in [5.74, 6) is -0.519. The van der Waals surface area contributed by atoms with E-state index in [1.54, 1.807) is 13.2 Å². The number of anilines is 1. The maximum absolute atomic E-state index is 12.6. The molecular weight excluding hydrogens is 464 g/mol. The number of thioether (sulfide) groups is 1. The quantitative estimate of drug-likeness (QED) is 0.319. The second-order valence-electron chi connectivity index (χ2n) is 9.77. The van der Waals surface area contributed by atoms with Gasteiger partial charge in [-0.05, 0) is 55.1 Å². The Hall–Kier alpha value is -2.81. The average molecular weight is 501 g/mol. The van der Waals surface area contributed by atoms with Gasteiger partial charge in [0, 0.05) is 25.2 Å². The van der Waals surface area contributed by atoms with E-state index < -0.39 is 11.9 Å². The number of rotatable bonds is 8. The molecule has 0 atom stereocenters. The van der Waals surface area contributed by atoms with E-state index in [1.165, 1.54) is 23.0 Å². The number of nitrogens with one attached hydrogen (secondary N) is 1. The smallest absolute Gasteiger partial charge is 0.325 e. The number of nitrogens with zero attached hydrogens (tertiary/aromatic N) is 3. The lowest BCUT2D eigenvalue weighted by atomic mass is 9.87.